The fourth-order valence-corrected chi connectivity index (χ4v) is 2.11. The number of hydrogen-bond acceptors (Lipinski definition) is 3. The molecule has 4 heteroatoms. The van der Waals surface area contributed by atoms with Crippen LogP contribution in [0.3, 0.4) is 0 Å². The van der Waals surface area contributed by atoms with E-state index in [2.05, 4.69) is 4.74 Å². The van der Waals surface area contributed by atoms with Gasteiger partial charge >= 0.3 is 6.09 Å². The summed E-state index contributed by atoms with van der Waals surface area (Å²) in [7, 11) is 1.39. The SMILES string of the molecule is COC(=O)N1C=Cc2ccsc2C1. The van der Waals surface area contributed by atoms with Gasteiger partial charge < -0.3 is 4.74 Å². The lowest BCUT2D eigenvalue weighted by Crippen LogP contribution is -2.26. The Hall–Kier alpha value is -1.29. The first-order chi connectivity index (χ1) is 6.31. The van der Waals surface area contributed by atoms with Crippen molar-refractivity contribution in [3.05, 3.63) is 28.1 Å². The smallest absolute Gasteiger partial charge is 0.413 e. The number of carbonyl (C=O) groups excluding carboxylic acids is 1. The number of hydrogen-bond donors (Lipinski definition) is 0. The van der Waals surface area contributed by atoms with E-state index in [-0.39, 0.29) is 6.09 Å². The third kappa shape index (κ3) is 1.45. The summed E-state index contributed by atoms with van der Waals surface area (Å²) in [5, 5.41) is 2.02. The Labute approximate surface area is 80.2 Å². The zero-order valence-corrected chi connectivity index (χ0v) is 8.00. The second kappa shape index (κ2) is 3.22. The minimum absolute atomic E-state index is 0.310. The second-order valence-electron chi connectivity index (χ2n) is 2.71. The molecule has 0 fully saturated rings. The number of fused-ring (bicyclic) bond motifs is 1. The maximum atomic E-state index is 11.2. The molecule has 1 amide bonds. The first-order valence-corrected chi connectivity index (χ1v) is 4.78. The van der Waals surface area contributed by atoms with Crippen molar-refractivity contribution in [1.82, 2.24) is 4.90 Å². The highest BCUT2D eigenvalue weighted by Crippen LogP contribution is 2.24. The molecule has 0 aromatic carbocycles. The third-order valence-corrected chi connectivity index (χ3v) is 2.86. The van der Waals surface area contributed by atoms with Gasteiger partial charge in [0, 0.05) is 11.1 Å². The van der Waals surface area contributed by atoms with Crippen LogP contribution in [0.25, 0.3) is 6.08 Å². The summed E-state index contributed by atoms with van der Waals surface area (Å²) >= 11 is 1.66. The van der Waals surface area contributed by atoms with Gasteiger partial charge in [-0.2, -0.15) is 0 Å². The molecular formula is C9H9NO2S. The van der Waals surface area contributed by atoms with Crippen molar-refractivity contribution in [2.45, 2.75) is 6.54 Å². The predicted octanol–water partition coefficient (Wildman–Crippen LogP) is 2.30. The predicted molar refractivity (Wildman–Crippen MR) is 51.3 cm³/mol. The Kier molecular flexibility index (Phi) is 2.06. The van der Waals surface area contributed by atoms with Gasteiger partial charge in [0.05, 0.1) is 13.7 Å². The minimum Gasteiger partial charge on any atom is -0.452 e. The molecule has 1 aliphatic heterocycles. The highest BCUT2D eigenvalue weighted by molar-refractivity contribution is 7.10. The summed E-state index contributed by atoms with van der Waals surface area (Å²) in [6.45, 7) is 0.621. The molecule has 0 N–H and O–H groups in total. The van der Waals surface area contributed by atoms with Gasteiger partial charge in [-0.05, 0) is 23.1 Å². The third-order valence-electron chi connectivity index (χ3n) is 1.94. The van der Waals surface area contributed by atoms with Gasteiger partial charge in [0.25, 0.3) is 0 Å². The summed E-state index contributed by atoms with van der Waals surface area (Å²) < 4.78 is 4.62. The summed E-state index contributed by atoms with van der Waals surface area (Å²) in [4.78, 5) is 13.9. The van der Waals surface area contributed by atoms with Crippen LogP contribution in [0.15, 0.2) is 17.6 Å². The maximum Gasteiger partial charge on any atom is 0.413 e. The largest absolute Gasteiger partial charge is 0.452 e. The maximum absolute atomic E-state index is 11.2. The summed E-state index contributed by atoms with van der Waals surface area (Å²) in [5.74, 6) is 0. The molecule has 1 aromatic rings. The Morgan fingerprint density at radius 3 is 3.31 bits per heavy atom. The van der Waals surface area contributed by atoms with Crippen LogP contribution in [0.4, 0.5) is 4.79 Å². The van der Waals surface area contributed by atoms with Gasteiger partial charge in [0.15, 0.2) is 0 Å². The van der Waals surface area contributed by atoms with Crippen molar-refractivity contribution in [3.8, 4) is 0 Å². The molecule has 0 saturated heterocycles. The first-order valence-electron chi connectivity index (χ1n) is 3.90. The molecule has 0 bridgehead atoms. The van der Waals surface area contributed by atoms with Crippen molar-refractivity contribution in [1.29, 1.82) is 0 Å². The number of rotatable bonds is 0. The highest BCUT2D eigenvalue weighted by Gasteiger charge is 2.17. The van der Waals surface area contributed by atoms with Crippen molar-refractivity contribution < 1.29 is 9.53 Å². The van der Waals surface area contributed by atoms with E-state index in [0.29, 0.717) is 6.54 Å². The molecule has 0 aliphatic carbocycles. The number of amides is 1. The van der Waals surface area contributed by atoms with Gasteiger partial charge in [-0.3, -0.25) is 4.90 Å². The van der Waals surface area contributed by atoms with Gasteiger partial charge in [-0.15, -0.1) is 11.3 Å². The number of nitrogens with zero attached hydrogens (tertiary/aromatic N) is 1. The number of methoxy groups -OCH3 is 1. The van der Waals surface area contributed by atoms with Crippen LogP contribution in [-0.4, -0.2) is 18.1 Å². The summed E-state index contributed by atoms with van der Waals surface area (Å²) in [6.07, 6.45) is 3.36. The highest BCUT2D eigenvalue weighted by atomic mass is 32.1. The van der Waals surface area contributed by atoms with Crippen molar-refractivity contribution >= 4 is 23.5 Å². The van der Waals surface area contributed by atoms with Gasteiger partial charge in [-0.1, -0.05) is 0 Å². The van der Waals surface area contributed by atoms with E-state index in [4.69, 9.17) is 0 Å². The van der Waals surface area contributed by atoms with Gasteiger partial charge in [-0.25, -0.2) is 4.79 Å². The Bertz CT molecular complexity index is 356. The van der Waals surface area contributed by atoms with E-state index in [9.17, 15) is 4.79 Å². The van der Waals surface area contributed by atoms with Crippen LogP contribution >= 0.6 is 11.3 Å². The second-order valence-corrected chi connectivity index (χ2v) is 3.71. The molecular weight excluding hydrogens is 186 g/mol. The first kappa shape index (κ1) is 8.31. The lowest BCUT2D eigenvalue weighted by molar-refractivity contribution is 0.138. The molecule has 1 aliphatic rings. The minimum atomic E-state index is -0.310. The van der Waals surface area contributed by atoms with E-state index in [1.54, 1.807) is 22.4 Å². The summed E-state index contributed by atoms with van der Waals surface area (Å²) in [6, 6.07) is 2.05. The molecule has 1 aromatic heterocycles. The van der Waals surface area contributed by atoms with Crippen LogP contribution < -0.4 is 0 Å². The van der Waals surface area contributed by atoms with Gasteiger partial charge in [0.1, 0.15) is 0 Å². The number of thiophene rings is 1. The molecule has 0 saturated carbocycles. The molecule has 2 rings (SSSR count). The van der Waals surface area contributed by atoms with Crippen LogP contribution in [0, 0.1) is 0 Å². The van der Waals surface area contributed by atoms with E-state index in [1.807, 2.05) is 17.5 Å². The topological polar surface area (TPSA) is 29.5 Å². The zero-order chi connectivity index (χ0) is 9.26. The molecule has 0 unspecified atom stereocenters. The lowest BCUT2D eigenvalue weighted by atomic mass is 10.2. The Balaban J connectivity index is 2.21. The average Bonchev–Trinajstić information content (AvgIpc) is 2.63. The zero-order valence-electron chi connectivity index (χ0n) is 7.19. The van der Waals surface area contributed by atoms with E-state index in [1.165, 1.54) is 17.6 Å². The fraction of sp³-hybridized carbons (Fsp3) is 0.222. The van der Waals surface area contributed by atoms with Crippen LogP contribution in [-0.2, 0) is 11.3 Å². The van der Waals surface area contributed by atoms with E-state index in [0.717, 1.165) is 0 Å². The Morgan fingerprint density at radius 1 is 1.69 bits per heavy atom. The molecule has 0 spiro atoms. The van der Waals surface area contributed by atoms with E-state index >= 15 is 0 Å². The van der Waals surface area contributed by atoms with Crippen LogP contribution in [0.5, 0.6) is 0 Å². The normalized spacial score (nSPS) is 14.1. The molecule has 13 heavy (non-hydrogen) atoms. The number of carbonyl (C=O) groups is 1. The fourth-order valence-electron chi connectivity index (χ4n) is 1.25. The van der Waals surface area contributed by atoms with Crippen molar-refractivity contribution in [2.24, 2.45) is 0 Å². The number of ether oxygens (including phenoxy) is 1. The Morgan fingerprint density at radius 2 is 2.54 bits per heavy atom. The standard InChI is InChI=1S/C9H9NO2S/c1-12-9(11)10-4-2-7-3-5-13-8(7)6-10/h2-5H,6H2,1H3. The molecule has 68 valence electrons. The molecule has 3 nitrogen and oxygen atoms in total. The monoisotopic (exact) mass is 195 g/mol. The van der Waals surface area contributed by atoms with E-state index < -0.39 is 0 Å². The van der Waals surface area contributed by atoms with Gasteiger partial charge in [0.2, 0.25) is 0 Å². The lowest BCUT2D eigenvalue weighted by Gasteiger charge is -2.19. The average molecular weight is 195 g/mol. The van der Waals surface area contributed by atoms with Crippen molar-refractivity contribution in [2.75, 3.05) is 7.11 Å². The quantitative estimate of drug-likeness (QED) is 0.635. The summed E-state index contributed by atoms with van der Waals surface area (Å²) in [5.41, 5.74) is 1.20. The van der Waals surface area contributed by atoms with Crippen LogP contribution in [0.2, 0.25) is 0 Å². The molecule has 2 heterocycles. The molecule has 0 radical (unpaired) electrons. The molecule has 0 atom stereocenters. The van der Waals surface area contributed by atoms with Crippen molar-refractivity contribution in [3.63, 3.8) is 0 Å². The van der Waals surface area contributed by atoms with Crippen LogP contribution in [0.1, 0.15) is 10.4 Å².